The van der Waals surface area contributed by atoms with Gasteiger partial charge in [0.05, 0.1) is 6.04 Å². The fourth-order valence-corrected chi connectivity index (χ4v) is 4.02. The van der Waals surface area contributed by atoms with Crippen molar-refractivity contribution in [1.82, 2.24) is 10.2 Å². The van der Waals surface area contributed by atoms with Gasteiger partial charge in [-0.05, 0) is 61.4 Å². The van der Waals surface area contributed by atoms with Crippen molar-refractivity contribution in [3.05, 3.63) is 65.7 Å². The Hall–Kier alpha value is -2.82. The molecule has 0 spiro atoms. The minimum absolute atomic E-state index is 0.0417. The first kappa shape index (κ1) is 19.5. The summed E-state index contributed by atoms with van der Waals surface area (Å²) >= 11 is 0. The zero-order valence-electron chi connectivity index (χ0n) is 16.8. The number of rotatable bonds is 5. The molecule has 1 aliphatic carbocycles. The van der Waals surface area contributed by atoms with E-state index in [1.807, 2.05) is 23.1 Å². The maximum absolute atomic E-state index is 12.7. The molecule has 29 heavy (non-hydrogen) atoms. The summed E-state index contributed by atoms with van der Waals surface area (Å²) < 4.78 is 0. The Balaban J connectivity index is 1.35. The second-order valence-electron chi connectivity index (χ2n) is 8.11. The molecule has 0 bridgehead atoms. The van der Waals surface area contributed by atoms with E-state index in [1.165, 1.54) is 12.8 Å². The SMILES string of the molecule is O=C(Nc1ccc(C(=O)N2CCCCCC2)cc1)NC(c1ccccc1)C1CC1. The molecule has 4 rings (SSSR count). The molecular weight excluding hydrogens is 362 g/mol. The lowest BCUT2D eigenvalue weighted by Crippen LogP contribution is -2.33. The van der Waals surface area contributed by atoms with Gasteiger partial charge in [-0.3, -0.25) is 4.79 Å². The zero-order chi connectivity index (χ0) is 20.1. The zero-order valence-corrected chi connectivity index (χ0v) is 16.8. The van der Waals surface area contributed by atoms with E-state index in [1.54, 1.807) is 24.3 Å². The fourth-order valence-electron chi connectivity index (χ4n) is 4.02. The standard InChI is InChI=1S/C24H29N3O2/c28-23(27-16-6-1-2-7-17-27)20-12-14-21(15-13-20)25-24(29)26-22(19-10-11-19)18-8-4-3-5-9-18/h3-5,8-9,12-15,19,22H,1-2,6-7,10-11,16-17H2,(H2,25,26,29). The first-order valence-electron chi connectivity index (χ1n) is 10.7. The number of urea groups is 1. The molecule has 0 aromatic heterocycles. The van der Waals surface area contributed by atoms with E-state index in [0.29, 0.717) is 17.2 Å². The number of hydrogen-bond acceptors (Lipinski definition) is 2. The molecule has 2 aromatic carbocycles. The molecule has 1 saturated carbocycles. The molecule has 2 fully saturated rings. The Kier molecular flexibility index (Phi) is 6.13. The Bertz CT molecular complexity index is 823. The summed E-state index contributed by atoms with van der Waals surface area (Å²) in [7, 11) is 0. The predicted molar refractivity (Wildman–Crippen MR) is 115 cm³/mol. The van der Waals surface area contributed by atoms with Crippen molar-refractivity contribution in [3.8, 4) is 0 Å². The second kappa shape index (κ2) is 9.12. The van der Waals surface area contributed by atoms with E-state index in [9.17, 15) is 9.59 Å². The number of nitrogens with zero attached hydrogens (tertiary/aromatic N) is 1. The van der Waals surface area contributed by atoms with Crippen LogP contribution in [0.15, 0.2) is 54.6 Å². The molecule has 1 heterocycles. The van der Waals surface area contributed by atoms with Crippen LogP contribution in [0.1, 0.15) is 60.5 Å². The van der Waals surface area contributed by atoms with E-state index in [-0.39, 0.29) is 18.0 Å². The topological polar surface area (TPSA) is 61.4 Å². The van der Waals surface area contributed by atoms with Gasteiger partial charge in [-0.25, -0.2) is 4.79 Å². The first-order valence-corrected chi connectivity index (χ1v) is 10.7. The molecular formula is C24H29N3O2. The first-order chi connectivity index (χ1) is 14.2. The highest BCUT2D eigenvalue weighted by atomic mass is 16.2. The van der Waals surface area contributed by atoms with Crippen LogP contribution in [0.5, 0.6) is 0 Å². The van der Waals surface area contributed by atoms with Gasteiger partial charge >= 0.3 is 6.03 Å². The largest absolute Gasteiger partial charge is 0.339 e. The molecule has 1 atom stereocenters. The van der Waals surface area contributed by atoms with Crippen LogP contribution in [0, 0.1) is 5.92 Å². The summed E-state index contributed by atoms with van der Waals surface area (Å²) in [6.45, 7) is 1.67. The number of amides is 3. The third-order valence-corrected chi connectivity index (χ3v) is 5.82. The average molecular weight is 392 g/mol. The minimum Gasteiger partial charge on any atom is -0.339 e. The van der Waals surface area contributed by atoms with Crippen molar-refractivity contribution in [3.63, 3.8) is 0 Å². The van der Waals surface area contributed by atoms with Crippen molar-refractivity contribution in [2.24, 2.45) is 5.92 Å². The van der Waals surface area contributed by atoms with E-state index in [4.69, 9.17) is 0 Å². The van der Waals surface area contributed by atoms with Crippen molar-refractivity contribution >= 4 is 17.6 Å². The number of benzene rings is 2. The lowest BCUT2D eigenvalue weighted by Gasteiger charge is -2.21. The van der Waals surface area contributed by atoms with Crippen molar-refractivity contribution in [1.29, 1.82) is 0 Å². The highest BCUT2D eigenvalue weighted by molar-refractivity contribution is 5.95. The molecule has 2 aromatic rings. The quantitative estimate of drug-likeness (QED) is 0.755. The van der Waals surface area contributed by atoms with Gasteiger partial charge in [0.25, 0.3) is 5.91 Å². The lowest BCUT2D eigenvalue weighted by atomic mass is 10.0. The van der Waals surface area contributed by atoms with Gasteiger partial charge in [0.2, 0.25) is 0 Å². The van der Waals surface area contributed by atoms with Crippen LogP contribution >= 0.6 is 0 Å². The van der Waals surface area contributed by atoms with Gasteiger partial charge < -0.3 is 15.5 Å². The fraction of sp³-hybridized carbons (Fsp3) is 0.417. The lowest BCUT2D eigenvalue weighted by molar-refractivity contribution is 0.0761. The van der Waals surface area contributed by atoms with E-state index >= 15 is 0 Å². The summed E-state index contributed by atoms with van der Waals surface area (Å²) in [6.07, 6.45) is 6.85. The van der Waals surface area contributed by atoms with Crippen LogP contribution in [0.2, 0.25) is 0 Å². The molecule has 1 unspecified atom stereocenters. The molecule has 0 radical (unpaired) electrons. The van der Waals surface area contributed by atoms with E-state index in [2.05, 4.69) is 22.8 Å². The molecule has 5 heteroatoms. The van der Waals surface area contributed by atoms with E-state index < -0.39 is 0 Å². The predicted octanol–water partition coefficient (Wildman–Crippen LogP) is 4.98. The van der Waals surface area contributed by atoms with Gasteiger partial charge in [0.1, 0.15) is 0 Å². The van der Waals surface area contributed by atoms with Crippen molar-refractivity contribution in [2.75, 3.05) is 18.4 Å². The van der Waals surface area contributed by atoms with E-state index in [0.717, 1.165) is 44.3 Å². The number of hydrogen-bond donors (Lipinski definition) is 2. The Labute approximate surface area is 172 Å². The molecule has 1 aliphatic heterocycles. The number of anilines is 1. The third-order valence-electron chi connectivity index (χ3n) is 5.82. The van der Waals surface area contributed by atoms with Crippen molar-refractivity contribution < 1.29 is 9.59 Å². The molecule has 5 nitrogen and oxygen atoms in total. The van der Waals surface area contributed by atoms with Gasteiger partial charge in [0, 0.05) is 24.3 Å². The summed E-state index contributed by atoms with van der Waals surface area (Å²) in [5.41, 5.74) is 2.51. The Morgan fingerprint density at radius 2 is 1.52 bits per heavy atom. The summed E-state index contributed by atoms with van der Waals surface area (Å²) in [6, 6.07) is 17.2. The molecule has 1 saturated heterocycles. The normalized spacial score (nSPS) is 17.9. The van der Waals surface area contributed by atoms with Crippen LogP contribution in [-0.4, -0.2) is 29.9 Å². The van der Waals surface area contributed by atoms with Gasteiger partial charge in [-0.2, -0.15) is 0 Å². The maximum atomic E-state index is 12.7. The Morgan fingerprint density at radius 1 is 0.862 bits per heavy atom. The van der Waals surface area contributed by atoms with Gasteiger partial charge in [-0.15, -0.1) is 0 Å². The number of carbonyl (C=O) groups is 2. The number of likely N-dealkylation sites (tertiary alicyclic amines) is 1. The maximum Gasteiger partial charge on any atom is 0.319 e. The van der Waals surface area contributed by atoms with Crippen LogP contribution in [-0.2, 0) is 0 Å². The highest BCUT2D eigenvalue weighted by Crippen LogP contribution is 2.40. The van der Waals surface area contributed by atoms with Crippen LogP contribution in [0.4, 0.5) is 10.5 Å². The molecule has 3 amide bonds. The van der Waals surface area contributed by atoms with Gasteiger partial charge in [-0.1, -0.05) is 43.2 Å². The average Bonchev–Trinajstić information content (AvgIpc) is 3.60. The summed E-state index contributed by atoms with van der Waals surface area (Å²) in [4.78, 5) is 27.2. The number of carbonyl (C=O) groups excluding carboxylic acids is 2. The number of nitrogens with one attached hydrogen (secondary N) is 2. The minimum atomic E-state index is -0.211. The Morgan fingerprint density at radius 3 is 2.14 bits per heavy atom. The van der Waals surface area contributed by atoms with Crippen LogP contribution < -0.4 is 10.6 Å². The second-order valence-corrected chi connectivity index (χ2v) is 8.11. The molecule has 2 aliphatic rings. The summed E-state index contributed by atoms with van der Waals surface area (Å²) in [5, 5.41) is 6.02. The van der Waals surface area contributed by atoms with Crippen LogP contribution in [0.25, 0.3) is 0 Å². The molecule has 2 N–H and O–H groups in total. The smallest absolute Gasteiger partial charge is 0.319 e. The van der Waals surface area contributed by atoms with Crippen molar-refractivity contribution in [2.45, 2.75) is 44.6 Å². The third kappa shape index (κ3) is 5.17. The highest BCUT2D eigenvalue weighted by Gasteiger charge is 2.33. The summed E-state index contributed by atoms with van der Waals surface area (Å²) in [5.74, 6) is 0.595. The molecule has 152 valence electrons. The van der Waals surface area contributed by atoms with Crippen LogP contribution in [0.3, 0.4) is 0 Å². The van der Waals surface area contributed by atoms with Gasteiger partial charge in [0.15, 0.2) is 0 Å². The monoisotopic (exact) mass is 391 g/mol.